The second-order valence-electron chi connectivity index (χ2n) is 4.20. The van der Waals surface area contributed by atoms with Gasteiger partial charge in [0.05, 0.1) is 0 Å². The van der Waals surface area contributed by atoms with E-state index in [1.165, 1.54) is 5.56 Å². The average Bonchev–Trinajstić information content (AvgIpc) is 2.30. The Labute approximate surface area is 76.7 Å². The van der Waals surface area contributed by atoms with Crippen molar-refractivity contribution in [3.63, 3.8) is 0 Å². The molecule has 1 aromatic rings. The van der Waals surface area contributed by atoms with E-state index in [0.717, 1.165) is 5.03 Å². The third kappa shape index (κ3) is 1.83. The van der Waals surface area contributed by atoms with E-state index >= 15 is 0 Å². The quantitative estimate of drug-likeness (QED) is 0.684. The SMILES string of the molecule is C[SH](C)c1nocc1C(C)(C)C. The Morgan fingerprint density at radius 2 is 1.92 bits per heavy atom. The standard InChI is InChI=1S/C9H17NOS/c1-9(2,3)7-6-11-10-8(7)12(4)5/h6,12H,1-5H3. The zero-order valence-corrected chi connectivity index (χ0v) is 9.27. The van der Waals surface area contributed by atoms with E-state index in [-0.39, 0.29) is 16.3 Å². The van der Waals surface area contributed by atoms with Gasteiger partial charge in [-0.15, -0.1) is 0 Å². The molecule has 0 aromatic carbocycles. The predicted octanol–water partition coefficient (Wildman–Crippen LogP) is 2.59. The van der Waals surface area contributed by atoms with Gasteiger partial charge in [-0.05, 0) is 17.9 Å². The Hall–Kier alpha value is -0.440. The fraction of sp³-hybridized carbons (Fsp3) is 0.667. The second-order valence-corrected chi connectivity index (χ2v) is 6.41. The minimum atomic E-state index is -0.148. The first kappa shape index (κ1) is 9.65. The minimum Gasteiger partial charge on any atom is -0.363 e. The highest BCUT2D eigenvalue weighted by molar-refractivity contribution is 8.15. The smallest absolute Gasteiger partial charge is 0.128 e. The molecule has 0 bridgehead atoms. The van der Waals surface area contributed by atoms with Crippen LogP contribution in [0.3, 0.4) is 0 Å². The zero-order valence-electron chi connectivity index (χ0n) is 8.38. The maximum Gasteiger partial charge on any atom is 0.128 e. The Morgan fingerprint density at radius 3 is 2.25 bits per heavy atom. The molecule has 70 valence electrons. The van der Waals surface area contributed by atoms with E-state index in [1.54, 1.807) is 6.26 Å². The second kappa shape index (κ2) is 3.13. The van der Waals surface area contributed by atoms with Crippen molar-refractivity contribution >= 4 is 10.9 Å². The lowest BCUT2D eigenvalue weighted by Gasteiger charge is -2.19. The lowest BCUT2D eigenvalue weighted by molar-refractivity contribution is 0.403. The molecule has 0 aliphatic rings. The Kier molecular flexibility index (Phi) is 2.52. The van der Waals surface area contributed by atoms with E-state index in [9.17, 15) is 0 Å². The minimum absolute atomic E-state index is 0.148. The summed E-state index contributed by atoms with van der Waals surface area (Å²) in [5, 5.41) is 5.19. The molecule has 0 unspecified atom stereocenters. The molecule has 0 atom stereocenters. The van der Waals surface area contributed by atoms with Gasteiger partial charge < -0.3 is 4.52 Å². The van der Waals surface area contributed by atoms with E-state index in [4.69, 9.17) is 4.52 Å². The van der Waals surface area contributed by atoms with Crippen molar-refractivity contribution in [2.75, 3.05) is 12.5 Å². The highest BCUT2D eigenvalue weighted by Gasteiger charge is 2.21. The van der Waals surface area contributed by atoms with Gasteiger partial charge in [-0.1, -0.05) is 25.9 Å². The lowest BCUT2D eigenvalue weighted by atomic mass is 9.90. The molecule has 0 spiro atoms. The maximum absolute atomic E-state index is 5.00. The van der Waals surface area contributed by atoms with Gasteiger partial charge in [0, 0.05) is 5.56 Å². The van der Waals surface area contributed by atoms with Crippen LogP contribution in [-0.2, 0) is 5.41 Å². The van der Waals surface area contributed by atoms with E-state index in [0.29, 0.717) is 0 Å². The fourth-order valence-electron chi connectivity index (χ4n) is 1.07. The molecule has 12 heavy (non-hydrogen) atoms. The first-order valence-electron chi connectivity index (χ1n) is 4.05. The monoisotopic (exact) mass is 187 g/mol. The van der Waals surface area contributed by atoms with Gasteiger partial charge in [0.1, 0.15) is 11.3 Å². The molecule has 1 aromatic heterocycles. The van der Waals surface area contributed by atoms with Crippen molar-refractivity contribution in [1.29, 1.82) is 0 Å². The third-order valence-corrected chi connectivity index (χ3v) is 2.95. The summed E-state index contributed by atoms with van der Waals surface area (Å²) in [5.74, 6) is 0. The highest BCUT2D eigenvalue weighted by Crippen LogP contribution is 2.36. The topological polar surface area (TPSA) is 26.0 Å². The van der Waals surface area contributed by atoms with Gasteiger partial charge >= 0.3 is 0 Å². The Balaban J connectivity index is 3.08. The van der Waals surface area contributed by atoms with Crippen molar-refractivity contribution in [2.24, 2.45) is 0 Å². The molecule has 2 nitrogen and oxygen atoms in total. The van der Waals surface area contributed by atoms with Gasteiger partial charge in [0.15, 0.2) is 0 Å². The molecule has 0 fully saturated rings. The predicted molar refractivity (Wildman–Crippen MR) is 54.3 cm³/mol. The first-order valence-corrected chi connectivity index (χ1v) is 6.28. The van der Waals surface area contributed by atoms with Crippen molar-refractivity contribution in [3.05, 3.63) is 11.8 Å². The van der Waals surface area contributed by atoms with Crippen molar-refractivity contribution in [1.82, 2.24) is 5.16 Å². The molecular weight excluding hydrogens is 170 g/mol. The van der Waals surface area contributed by atoms with Gasteiger partial charge in [-0.25, -0.2) is 10.9 Å². The highest BCUT2D eigenvalue weighted by atomic mass is 32.2. The molecular formula is C9H17NOS. The van der Waals surface area contributed by atoms with Crippen LogP contribution < -0.4 is 0 Å². The molecule has 0 radical (unpaired) electrons. The number of rotatable bonds is 1. The number of hydrogen-bond donors (Lipinski definition) is 1. The average molecular weight is 187 g/mol. The van der Waals surface area contributed by atoms with E-state index < -0.39 is 0 Å². The molecule has 0 aliphatic carbocycles. The largest absolute Gasteiger partial charge is 0.363 e. The van der Waals surface area contributed by atoms with Crippen molar-refractivity contribution in [2.45, 2.75) is 31.2 Å². The maximum atomic E-state index is 5.00. The Morgan fingerprint density at radius 1 is 1.33 bits per heavy atom. The molecule has 0 N–H and O–H groups in total. The van der Waals surface area contributed by atoms with E-state index in [1.807, 2.05) is 0 Å². The summed E-state index contributed by atoms with van der Waals surface area (Å²) >= 11 is 0. The number of aromatic nitrogens is 1. The molecule has 0 amide bonds. The van der Waals surface area contributed by atoms with E-state index in [2.05, 4.69) is 38.4 Å². The lowest BCUT2D eigenvalue weighted by Crippen LogP contribution is -2.11. The molecule has 0 aliphatic heterocycles. The van der Waals surface area contributed by atoms with Gasteiger partial charge in [-0.2, -0.15) is 0 Å². The van der Waals surface area contributed by atoms with Crippen LogP contribution in [0.2, 0.25) is 0 Å². The van der Waals surface area contributed by atoms with Crippen molar-refractivity contribution < 1.29 is 4.52 Å². The van der Waals surface area contributed by atoms with Crippen LogP contribution in [0.1, 0.15) is 26.3 Å². The van der Waals surface area contributed by atoms with Crippen LogP contribution in [-0.4, -0.2) is 17.7 Å². The summed E-state index contributed by atoms with van der Waals surface area (Å²) in [4.78, 5) is 0. The van der Waals surface area contributed by atoms with Crippen LogP contribution in [0.15, 0.2) is 15.8 Å². The fourth-order valence-corrected chi connectivity index (χ4v) is 2.15. The van der Waals surface area contributed by atoms with Gasteiger partial charge in [0.2, 0.25) is 0 Å². The van der Waals surface area contributed by atoms with Gasteiger partial charge in [0.25, 0.3) is 0 Å². The number of hydrogen-bond acceptors (Lipinski definition) is 2. The molecule has 0 saturated heterocycles. The van der Waals surface area contributed by atoms with Crippen molar-refractivity contribution in [3.8, 4) is 0 Å². The number of nitrogens with zero attached hydrogens (tertiary/aromatic N) is 1. The summed E-state index contributed by atoms with van der Waals surface area (Å²) in [6, 6.07) is 0. The molecule has 0 saturated carbocycles. The normalized spacial score (nSPS) is 13.2. The first-order chi connectivity index (χ1) is 5.43. The summed E-state index contributed by atoms with van der Waals surface area (Å²) in [5.41, 5.74) is 1.40. The zero-order chi connectivity index (χ0) is 9.35. The van der Waals surface area contributed by atoms with Crippen LogP contribution >= 0.6 is 10.9 Å². The van der Waals surface area contributed by atoms with Crippen LogP contribution in [0.25, 0.3) is 0 Å². The number of thiol groups is 1. The van der Waals surface area contributed by atoms with Crippen LogP contribution in [0.4, 0.5) is 0 Å². The third-order valence-electron chi connectivity index (χ3n) is 1.78. The summed E-state index contributed by atoms with van der Waals surface area (Å²) in [6.45, 7) is 6.55. The van der Waals surface area contributed by atoms with Crippen LogP contribution in [0.5, 0.6) is 0 Å². The summed E-state index contributed by atoms with van der Waals surface area (Å²) < 4.78 is 5.00. The summed E-state index contributed by atoms with van der Waals surface area (Å²) in [7, 11) is -0.148. The molecule has 1 heterocycles. The van der Waals surface area contributed by atoms with Gasteiger partial charge in [-0.3, -0.25) is 0 Å². The Bertz CT molecular complexity index is 260. The molecule has 1 rings (SSSR count). The van der Waals surface area contributed by atoms with Crippen LogP contribution in [0, 0.1) is 0 Å². The molecule has 3 heteroatoms. The summed E-state index contributed by atoms with van der Waals surface area (Å²) in [6.07, 6.45) is 6.17.